The van der Waals surface area contributed by atoms with Gasteiger partial charge < -0.3 is 5.11 Å². The monoisotopic (exact) mass is 269 g/mol. The molecule has 0 unspecified atom stereocenters. The smallest absolute Gasteiger partial charge is 0.240 e. The Morgan fingerprint density at radius 1 is 1.22 bits per heavy atom. The number of aliphatic hydroxyl groups is 1. The fraction of sp³-hybridized carbons (Fsp3) is 0.538. The van der Waals surface area contributed by atoms with E-state index in [-0.39, 0.29) is 17.0 Å². The van der Waals surface area contributed by atoms with E-state index in [4.69, 9.17) is 5.11 Å². The van der Waals surface area contributed by atoms with E-state index in [1.54, 1.807) is 12.1 Å². The zero-order chi connectivity index (χ0) is 13.3. The van der Waals surface area contributed by atoms with Gasteiger partial charge >= 0.3 is 0 Å². The second-order valence-corrected chi connectivity index (χ2v) is 6.88. The number of hydrogen-bond donors (Lipinski definition) is 2. The molecule has 5 heteroatoms. The second-order valence-electron chi connectivity index (χ2n) is 5.17. The highest BCUT2D eigenvalue weighted by molar-refractivity contribution is 7.89. The third-order valence-electron chi connectivity index (χ3n) is 3.29. The lowest BCUT2D eigenvalue weighted by molar-refractivity contribution is 0.0712. The second kappa shape index (κ2) is 4.99. The molecule has 1 aromatic rings. The van der Waals surface area contributed by atoms with E-state index in [9.17, 15) is 8.42 Å². The first-order valence-corrected chi connectivity index (χ1v) is 7.67. The van der Waals surface area contributed by atoms with Gasteiger partial charge in [-0.3, -0.25) is 0 Å². The highest BCUT2D eigenvalue weighted by Gasteiger charge is 2.31. The molecule has 2 N–H and O–H groups in total. The van der Waals surface area contributed by atoms with Gasteiger partial charge in [0.2, 0.25) is 10.0 Å². The largest absolute Gasteiger partial charge is 0.393 e. The Kier molecular flexibility index (Phi) is 3.75. The molecule has 1 aliphatic rings. The quantitative estimate of drug-likeness (QED) is 0.872. The highest BCUT2D eigenvalue weighted by Crippen LogP contribution is 2.23. The Balaban J connectivity index is 2.09. The van der Waals surface area contributed by atoms with E-state index >= 15 is 0 Å². The third-order valence-corrected chi connectivity index (χ3v) is 4.83. The number of aliphatic hydroxyl groups excluding tert-OH is 1. The molecule has 2 rings (SSSR count). The molecule has 0 aromatic heterocycles. The summed E-state index contributed by atoms with van der Waals surface area (Å²) in [5.74, 6) is 0.386. The maximum absolute atomic E-state index is 12.0. The van der Waals surface area contributed by atoms with Crippen LogP contribution in [-0.2, 0) is 10.0 Å². The summed E-state index contributed by atoms with van der Waals surface area (Å²) in [6.45, 7) is 4.13. The molecule has 1 fully saturated rings. The lowest BCUT2D eigenvalue weighted by atomic mass is 9.91. The summed E-state index contributed by atoms with van der Waals surface area (Å²) in [4.78, 5) is 0.285. The Bertz CT molecular complexity index is 502. The van der Waals surface area contributed by atoms with Crippen LogP contribution in [0.5, 0.6) is 0 Å². The van der Waals surface area contributed by atoms with Crippen molar-refractivity contribution >= 4 is 10.0 Å². The molecule has 0 heterocycles. The molecule has 100 valence electrons. The average Bonchev–Trinajstić information content (AvgIpc) is 2.27. The van der Waals surface area contributed by atoms with Crippen LogP contribution in [0, 0.1) is 0 Å². The van der Waals surface area contributed by atoms with E-state index in [1.807, 2.05) is 12.1 Å². The Hall–Kier alpha value is -0.910. The molecule has 0 saturated heterocycles. The molecule has 0 bridgehead atoms. The molecule has 0 atom stereocenters. The van der Waals surface area contributed by atoms with Crippen LogP contribution < -0.4 is 4.72 Å². The normalized spacial score (nSPS) is 24.0. The van der Waals surface area contributed by atoms with Crippen molar-refractivity contribution < 1.29 is 13.5 Å². The van der Waals surface area contributed by atoms with Crippen molar-refractivity contribution in [1.29, 1.82) is 0 Å². The minimum absolute atomic E-state index is 0.130. The zero-order valence-electron chi connectivity index (χ0n) is 10.6. The van der Waals surface area contributed by atoms with Crippen LogP contribution in [0.3, 0.4) is 0 Å². The van der Waals surface area contributed by atoms with Gasteiger partial charge in [-0.25, -0.2) is 13.1 Å². The minimum atomic E-state index is -3.45. The Morgan fingerprint density at radius 3 is 2.22 bits per heavy atom. The van der Waals surface area contributed by atoms with Gasteiger partial charge in [-0.05, 0) is 36.5 Å². The van der Waals surface area contributed by atoms with Crippen molar-refractivity contribution in [2.45, 2.75) is 49.6 Å². The number of hydrogen-bond acceptors (Lipinski definition) is 3. The molecule has 18 heavy (non-hydrogen) atoms. The first kappa shape index (κ1) is 13.5. The molecule has 0 aliphatic heterocycles. The maximum atomic E-state index is 12.0. The van der Waals surface area contributed by atoms with Crippen LogP contribution in [0.15, 0.2) is 29.2 Å². The molecule has 4 nitrogen and oxygen atoms in total. The van der Waals surface area contributed by atoms with Crippen LogP contribution in [0.4, 0.5) is 0 Å². The third kappa shape index (κ3) is 2.91. The van der Waals surface area contributed by atoms with Crippen molar-refractivity contribution in [2.75, 3.05) is 0 Å². The molecular weight excluding hydrogens is 250 g/mol. The lowest BCUT2D eigenvalue weighted by Crippen LogP contribution is -2.46. The van der Waals surface area contributed by atoms with E-state index in [1.165, 1.54) is 0 Å². The summed E-state index contributed by atoms with van der Waals surface area (Å²) in [6, 6.07) is 6.82. The molecule has 0 radical (unpaired) electrons. The molecule has 1 aromatic carbocycles. The summed E-state index contributed by atoms with van der Waals surface area (Å²) in [5.41, 5.74) is 1.12. The first-order chi connectivity index (χ1) is 8.38. The van der Waals surface area contributed by atoms with E-state index < -0.39 is 10.0 Å². The number of sulfonamides is 1. The zero-order valence-corrected chi connectivity index (χ0v) is 11.4. The van der Waals surface area contributed by atoms with Crippen molar-refractivity contribution in [3.8, 4) is 0 Å². The maximum Gasteiger partial charge on any atom is 0.240 e. The van der Waals surface area contributed by atoms with Crippen LogP contribution in [0.2, 0.25) is 0 Å². The van der Waals surface area contributed by atoms with Gasteiger partial charge in [0.05, 0.1) is 11.0 Å². The molecule has 1 saturated carbocycles. The van der Waals surface area contributed by atoms with Crippen LogP contribution in [-0.4, -0.2) is 25.7 Å². The minimum Gasteiger partial charge on any atom is -0.393 e. The van der Waals surface area contributed by atoms with Gasteiger partial charge in [-0.15, -0.1) is 0 Å². The summed E-state index contributed by atoms with van der Waals surface area (Å²) < 4.78 is 26.7. The Morgan fingerprint density at radius 2 is 1.78 bits per heavy atom. The Labute approximate surface area is 108 Å². The molecule has 0 amide bonds. The summed E-state index contributed by atoms with van der Waals surface area (Å²) in [6.07, 6.45) is 0.646. The predicted molar refractivity (Wildman–Crippen MR) is 69.9 cm³/mol. The van der Waals surface area contributed by atoms with Gasteiger partial charge in [0, 0.05) is 6.04 Å². The van der Waals surface area contributed by atoms with Crippen molar-refractivity contribution in [2.24, 2.45) is 0 Å². The SMILES string of the molecule is CC(C)c1ccc(S(=O)(=O)NC2CC(O)C2)cc1. The standard InChI is InChI=1S/C13H19NO3S/c1-9(2)10-3-5-13(6-4-10)18(16,17)14-11-7-12(15)8-11/h3-6,9,11-12,14-15H,7-8H2,1-2H3. The number of rotatable bonds is 4. The highest BCUT2D eigenvalue weighted by atomic mass is 32.2. The molecule has 0 spiro atoms. The van der Waals surface area contributed by atoms with Gasteiger partial charge in [0.1, 0.15) is 0 Å². The van der Waals surface area contributed by atoms with E-state index in [0.717, 1.165) is 5.56 Å². The van der Waals surface area contributed by atoms with Gasteiger partial charge in [0.15, 0.2) is 0 Å². The van der Waals surface area contributed by atoms with Gasteiger partial charge in [-0.1, -0.05) is 26.0 Å². The fourth-order valence-corrected chi connectivity index (χ4v) is 3.27. The lowest BCUT2D eigenvalue weighted by Gasteiger charge is -2.31. The van der Waals surface area contributed by atoms with Crippen LogP contribution >= 0.6 is 0 Å². The summed E-state index contributed by atoms with van der Waals surface area (Å²) in [7, 11) is -3.45. The first-order valence-electron chi connectivity index (χ1n) is 6.19. The van der Waals surface area contributed by atoms with Crippen LogP contribution in [0.25, 0.3) is 0 Å². The molecule has 1 aliphatic carbocycles. The van der Waals surface area contributed by atoms with E-state index in [2.05, 4.69) is 18.6 Å². The van der Waals surface area contributed by atoms with Gasteiger partial charge in [-0.2, -0.15) is 0 Å². The van der Waals surface area contributed by atoms with E-state index in [0.29, 0.717) is 18.8 Å². The summed E-state index contributed by atoms with van der Waals surface area (Å²) in [5, 5.41) is 9.15. The van der Waals surface area contributed by atoms with Crippen molar-refractivity contribution in [3.63, 3.8) is 0 Å². The topological polar surface area (TPSA) is 66.4 Å². The fourth-order valence-electron chi connectivity index (χ4n) is 2.00. The number of nitrogens with one attached hydrogen (secondary N) is 1. The van der Waals surface area contributed by atoms with Crippen molar-refractivity contribution in [1.82, 2.24) is 4.72 Å². The molecular formula is C13H19NO3S. The van der Waals surface area contributed by atoms with Crippen molar-refractivity contribution in [3.05, 3.63) is 29.8 Å². The number of benzene rings is 1. The average molecular weight is 269 g/mol. The summed E-state index contributed by atoms with van der Waals surface area (Å²) >= 11 is 0. The predicted octanol–water partition coefficient (Wildman–Crippen LogP) is 1.61. The van der Waals surface area contributed by atoms with Gasteiger partial charge in [0.25, 0.3) is 0 Å². The van der Waals surface area contributed by atoms with Crippen LogP contribution in [0.1, 0.15) is 38.2 Å².